The van der Waals surface area contributed by atoms with Crippen molar-refractivity contribution in [2.45, 2.75) is 45.4 Å². The number of nitro groups is 1. The summed E-state index contributed by atoms with van der Waals surface area (Å²) in [6.45, 7) is 9.02. The average molecular weight is 511 g/mol. The Morgan fingerprint density at radius 1 is 1.14 bits per heavy atom. The molecule has 2 aromatic heterocycles. The number of rotatable bonds is 5. The molecule has 12 nitrogen and oxygen atoms in total. The first-order chi connectivity index (χ1) is 17.6. The fourth-order valence-corrected chi connectivity index (χ4v) is 4.33. The van der Waals surface area contributed by atoms with Crippen LogP contribution in [0.25, 0.3) is 10.9 Å². The molecule has 37 heavy (non-hydrogen) atoms. The third-order valence-corrected chi connectivity index (χ3v) is 6.22. The third-order valence-electron chi connectivity index (χ3n) is 6.22. The lowest BCUT2D eigenvalue weighted by atomic mass is 10.2. The minimum atomic E-state index is -0.529. The molecule has 5 rings (SSSR count). The van der Waals surface area contributed by atoms with Gasteiger partial charge in [0, 0.05) is 49.5 Å². The van der Waals surface area contributed by atoms with Crippen molar-refractivity contribution in [2.24, 2.45) is 0 Å². The van der Waals surface area contributed by atoms with Gasteiger partial charge in [0.25, 0.3) is 0 Å². The quantitative estimate of drug-likeness (QED) is 0.374. The van der Waals surface area contributed by atoms with E-state index in [0.29, 0.717) is 51.5 Å². The second-order valence-electron chi connectivity index (χ2n) is 10.2. The summed E-state index contributed by atoms with van der Waals surface area (Å²) in [6.07, 6.45) is 1.53. The summed E-state index contributed by atoms with van der Waals surface area (Å²) in [7, 11) is 0. The number of aryl methyl sites for hydroxylation is 1. The Hall–Kier alpha value is -4.09. The van der Waals surface area contributed by atoms with E-state index in [4.69, 9.17) is 19.2 Å². The summed E-state index contributed by atoms with van der Waals surface area (Å²) in [5, 5.41) is 11.9. The van der Waals surface area contributed by atoms with Crippen molar-refractivity contribution in [3.63, 3.8) is 0 Å². The smallest absolute Gasteiger partial charge is 0.414 e. The topological polar surface area (TPSA) is 125 Å². The minimum absolute atomic E-state index is 0.220. The van der Waals surface area contributed by atoms with Crippen molar-refractivity contribution in [1.29, 1.82) is 0 Å². The van der Waals surface area contributed by atoms with E-state index in [1.165, 1.54) is 6.20 Å². The van der Waals surface area contributed by atoms with Crippen LogP contribution in [0.5, 0.6) is 11.8 Å². The van der Waals surface area contributed by atoms with E-state index >= 15 is 0 Å². The van der Waals surface area contributed by atoms with Crippen molar-refractivity contribution in [2.75, 3.05) is 37.7 Å². The molecule has 0 radical (unpaired) electrons. The van der Waals surface area contributed by atoms with Crippen LogP contribution >= 0.6 is 0 Å². The number of pyridine rings is 1. The van der Waals surface area contributed by atoms with Gasteiger partial charge in [0.05, 0.1) is 5.52 Å². The van der Waals surface area contributed by atoms with Crippen molar-refractivity contribution >= 4 is 28.6 Å². The molecule has 1 fully saturated rings. The highest BCUT2D eigenvalue weighted by Crippen LogP contribution is 2.26. The lowest BCUT2D eigenvalue weighted by Crippen LogP contribution is -2.50. The van der Waals surface area contributed by atoms with Crippen LogP contribution in [-0.2, 0) is 11.3 Å². The molecule has 12 heteroatoms. The summed E-state index contributed by atoms with van der Waals surface area (Å²) in [4.78, 5) is 35.3. The second kappa shape index (κ2) is 9.75. The Morgan fingerprint density at radius 3 is 2.65 bits per heavy atom. The predicted molar refractivity (Wildman–Crippen MR) is 135 cm³/mol. The molecule has 1 saturated heterocycles. The number of carbonyl (C=O) groups excluding carboxylic acids is 1. The number of hydrogen-bond acceptors (Lipinski definition) is 9. The van der Waals surface area contributed by atoms with E-state index in [-0.39, 0.29) is 24.0 Å². The van der Waals surface area contributed by atoms with Crippen LogP contribution in [0.4, 0.5) is 16.4 Å². The zero-order chi connectivity index (χ0) is 26.2. The van der Waals surface area contributed by atoms with E-state index in [1.54, 1.807) is 9.47 Å². The molecule has 4 heterocycles. The lowest BCUT2D eigenvalue weighted by molar-refractivity contribution is -0.389. The summed E-state index contributed by atoms with van der Waals surface area (Å²) in [5.41, 5.74) is 0.342. The molecule has 1 atom stereocenters. The maximum atomic E-state index is 12.3. The van der Waals surface area contributed by atoms with Crippen molar-refractivity contribution in [3.8, 4) is 11.8 Å². The number of benzene rings is 1. The van der Waals surface area contributed by atoms with E-state index in [1.807, 2.05) is 51.1 Å². The number of nitrogens with zero attached hydrogens (tertiary/aromatic N) is 6. The number of hydrogen-bond donors (Lipinski definition) is 0. The maximum absolute atomic E-state index is 12.3. The van der Waals surface area contributed by atoms with E-state index in [2.05, 4.69) is 9.88 Å². The molecular weight excluding hydrogens is 480 g/mol. The molecule has 0 aliphatic carbocycles. The second-order valence-corrected chi connectivity index (χ2v) is 10.2. The normalized spacial score (nSPS) is 17.8. The first-order valence-electron chi connectivity index (χ1n) is 12.3. The predicted octanol–water partition coefficient (Wildman–Crippen LogP) is 3.63. The number of carbonyl (C=O) groups is 1. The fourth-order valence-electron chi connectivity index (χ4n) is 4.33. The Labute approximate surface area is 213 Å². The van der Waals surface area contributed by atoms with Crippen molar-refractivity contribution in [1.82, 2.24) is 19.4 Å². The number of imidazole rings is 1. The van der Waals surface area contributed by atoms with Crippen LogP contribution in [0.1, 0.15) is 27.2 Å². The number of anilines is 1. The van der Waals surface area contributed by atoms with Gasteiger partial charge in [0.15, 0.2) is 0 Å². The monoisotopic (exact) mass is 510 g/mol. The number of aromatic nitrogens is 3. The van der Waals surface area contributed by atoms with Crippen LogP contribution in [0.15, 0.2) is 36.5 Å². The first kappa shape index (κ1) is 24.6. The summed E-state index contributed by atoms with van der Waals surface area (Å²) in [5.74, 6) is 1.34. The lowest BCUT2D eigenvalue weighted by Gasteiger charge is -2.36. The molecule has 0 bridgehead atoms. The SMILES string of the molecule is CC(C)(C)OC(=O)N1CCN(c2ccc3cc(OC[C@H]4CCn5cc([N+](=O)[O-])nc5O4)ccc3n2)CC1. The molecule has 0 saturated carbocycles. The van der Waals surface area contributed by atoms with Gasteiger partial charge in [-0.15, -0.1) is 0 Å². The zero-order valence-corrected chi connectivity index (χ0v) is 21.1. The summed E-state index contributed by atoms with van der Waals surface area (Å²) < 4.78 is 18.8. The highest BCUT2D eigenvalue weighted by atomic mass is 16.6. The molecule has 1 aromatic carbocycles. The van der Waals surface area contributed by atoms with Gasteiger partial charge in [-0.05, 0) is 56.0 Å². The van der Waals surface area contributed by atoms with Gasteiger partial charge in [0.2, 0.25) is 0 Å². The minimum Gasteiger partial charge on any atom is -0.490 e. The highest BCUT2D eigenvalue weighted by Gasteiger charge is 2.29. The van der Waals surface area contributed by atoms with Gasteiger partial charge in [-0.1, -0.05) is 0 Å². The summed E-state index contributed by atoms with van der Waals surface area (Å²) in [6, 6.07) is 9.95. The van der Waals surface area contributed by atoms with E-state index in [9.17, 15) is 14.9 Å². The van der Waals surface area contributed by atoms with E-state index < -0.39 is 10.5 Å². The first-order valence-corrected chi connectivity index (χ1v) is 12.3. The van der Waals surface area contributed by atoms with Crippen LogP contribution in [0.3, 0.4) is 0 Å². The van der Waals surface area contributed by atoms with Crippen LogP contribution < -0.4 is 14.4 Å². The molecule has 0 spiro atoms. The van der Waals surface area contributed by atoms with Gasteiger partial charge in [-0.3, -0.25) is 4.57 Å². The van der Waals surface area contributed by atoms with Crippen LogP contribution in [-0.4, -0.2) is 74.9 Å². The van der Waals surface area contributed by atoms with Crippen LogP contribution in [0.2, 0.25) is 0 Å². The molecule has 2 aliphatic heterocycles. The Bertz CT molecular complexity index is 1310. The number of amides is 1. The fraction of sp³-hybridized carbons (Fsp3) is 0.480. The Balaban J connectivity index is 1.17. The standard InChI is InChI=1S/C25H30N6O6/c1-25(2,3)37-24(32)29-12-10-28(11-13-29)21-7-4-17-14-18(5-6-20(17)26-21)35-16-19-8-9-30-15-22(31(33)34)27-23(30)36-19/h4-7,14-15,19H,8-13,16H2,1-3H3/t19-/m1/s1. The Kier molecular flexibility index (Phi) is 6.48. The molecular formula is C25H30N6O6. The van der Waals surface area contributed by atoms with Crippen molar-refractivity contribution < 1.29 is 23.9 Å². The molecule has 0 N–H and O–H groups in total. The number of ether oxygens (including phenoxy) is 3. The maximum Gasteiger partial charge on any atom is 0.414 e. The molecule has 3 aromatic rings. The van der Waals surface area contributed by atoms with E-state index in [0.717, 1.165) is 16.7 Å². The number of piperazine rings is 1. The molecule has 0 unspecified atom stereocenters. The number of fused-ring (bicyclic) bond motifs is 2. The van der Waals surface area contributed by atoms with Crippen LogP contribution in [0, 0.1) is 10.1 Å². The highest BCUT2D eigenvalue weighted by molar-refractivity contribution is 5.82. The van der Waals surface area contributed by atoms with Gasteiger partial charge < -0.3 is 34.1 Å². The summed E-state index contributed by atoms with van der Waals surface area (Å²) >= 11 is 0. The Morgan fingerprint density at radius 2 is 1.92 bits per heavy atom. The van der Waals surface area contributed by atoms with Gasteiger partial charge >= 0.3 is 17.9 Å². The largest absolute Gasteiger partial charge is 0.490 e. The van der Waals surface area contributed by atoms with Gasteiger partial charge in [-0.25, -0.2) is 9.78 Å². The average Bonchev–Trinajstić information content (AvgIpc) is 3.30. The zero-order valence-electron chi connectivity index (χ0n) is 21.1. The molecule has 2 aliphatic rings. The molecule has 1 amide bonds. The third kappa shape index (κ3) is 5.68. The van der Waals surface area contributed by atoms with Crippen molar-refractivity contribution in [3.05, 3.63) is 46.6 Å². The van der Waals surface area contributed by atoms with Gasteiger partial charge in [-0.2, -0.15) is 0 Å². The molecule has 196 valence electrons. The van der Waals surface area contributed by atoms with Gasteiger partial charge in [0.1, 0.15) is 36.1 Å².